The predicted molar refractivity (Wildman–Crippen MR) is 106 cm³/mol. The molecule has 0 unspecified atom stereocenters. The topological polar surface area (TPSA) is 102 Å². The first-order chi connectivity index (χ1) is 13.5. The molecule has 0 radical (unpaired) electrons. The van der Waals surface area contributed by atoms with Gasteiger partial charge in [0.1, 0.15) is 0 Å². The molecule has 3 rings (SSSR count). The maximum Gasteiger partial charge on any atom is 0.328 e. The Bertz CT molecular complexity index is 941. The van der Waals surface area contributed by atoms with Crippen LogP contribution in [0, 0.1) is 0 Å². The second-order valence-electron chi connectivity index (χ2n) is 7.27. The highest BCUT2D eigenvalue weighted by atomic mass is 16.5. The van der Waals surface area contributed by atoms with Crippen LogP contribution in [-0.2, 0) is 16.0 Å². The molecule has 152 valence electrons. The minimum Gasteiger partial charge on any atom is -0.379 e. The Labute approximate surface area is 162 Å². The van der Waals surface area contributed by atoms with Crippen LogP contribution in [0.5, 0.6) is 0 Å². The Morgan fingerprint density at radius 3 is 2.93 bits per heavy atom. The SMILES string of the molecule is CC(C)OCCCNC(=O)c1ccc2c(=O)n(C[C@@H]3CCCO3)c(=O)[nH]c2c1. The monoisotopic (exact) mass is 389 g/mol. The zero-order chi connectivity index (χ0) is 20.1. The van der Waals surface area contributed by atoms with Gasteiger partial charge in [-0.25, -0.2) is 4.79 Å². The summed E-state index contributed by atoms with van der Waals surface area (Å²) in [6.07, 6.45) is 2.54. The molecule has 2 aromatic rings. The average Bonchev–Trinajstić information content (AvgIpc) is 3.17. The Balaban J connectivity index is 1.72. The molecule has 1 aliphatic rings. The maximum absolute atomic E-state index is 12.7. The number of amides is 1. The molecule has 1 atom stereocenters. The van der Waals surface area contributed by atoms with E-state index in [1.54, 1.807) is 12.1 Å². The fourth-order valence-electron chi connectivity index (χ4n) is 3.25. The number of aromatic amines is 1. The summed E-state index contributed by atoms with van der Waals surface area (Å²) in [5.74, 6) is -0.254. The van der Waals surface area contributed by atoms with Gasteiger partial charge in [-0.15, -0.1) is 0 Å². The lowest BCUT2D eigenvalue weighted by molar-refractivity contribution is 0.0757. The molecule has 1 fully saturated rings. The van der Waals surface area contributed by atoms with E-state index in [-0.39, 0.29) is 30.2 Å². The van der Waals surface area contributed by atoms with E-state index in [1.165, 1.54) is 10.6 Å². The normalized spacial score (nSPS) is 16.8. The summed E-state index contributed by atoms with van der Waals surface area (Å²) in [4.78, 5) is 40.1. The van der Waals surface area contributed by atoms with Gasteiger partial charge < -0.3 is 19.8 Å². The standard InChI is InChI=1S/C20H27N3O5/c1-13(2)27-10-4-8-21-18(24)14-6-7-16-17(11-14)22-20(26)23(19(16)25)12-15-5-3-9-28-15/h6-7,11,13,15H,3-5,8-10,12H2,1-2H3,(H,21,24)(H,22,26)/t15-/m0/s1. The van der Waals surface area contributed by atoms with Gasteiger partial charge in [0.15, 0.2) is 0 Å². The molecule has 1 aromatic carbocycles. The number of aromatic nitrogens is 2. The van der Waals surface area contributed by atoms with Crippen LogP contribution in [-0.4, -0.2) is 47.4 Å². The van der Waals surface area contributed by atoms with Crippen molar-refractivity contribution in [2.75, 3.05) is 19.8 Å². The van der Waals surface area contributed by atoms with Crippen molar-refractivity contribution < 1.29 is 14.3 Å². The first kappa shape index (κ1) is 20.3. The van der Waals surface area contributed by atoms with E-state index >= 15 is 0 Å². The molecule has 8 heteroatoms. The molecular formula is C20H27N3O5. The van der Waals surface area contributed by atoms with Gasteiger partial charge in [0.25, 0.3) is 11.5 Å². The molecule has 1 aromatic heterocycles. The lowest BCUT2D eigenvalue weighted by Gasteiger charge is -2.12. The summed E-state index contributed by atoms with van der Waals surface area (Å²) in [6.45, 7) is 5.89. The molecule has 28 heavy (non-hydrogen) atoms. The zero-order valence-corrected chi connectivity index (χ0v) is 16.3. The summed E-state index contributed by atoms with van der Waals surface area (Å²) in [6, 6.07) is 4.71. The third-order valence-corrected chi connectivity index (χ3v) is 4.71. The third kappa shape index (κ3) is 4.88. The van der Waals surface area contributed by atoms with E-state index in [9.17, 15) is 14.4 Å². The Hall–Kier alpha value is -2.45. The Morgan fingerprint density at radius 1 is 1.39 bits per heavy atom. The van der Waals surface area contributed by atoms with E-state index in [0.29, 0.717) is 42.6 Å². The number of hydrogen-bond acceptors (Lipinski definition) is 5. The van der Waals surface area contributed by atoms with E-state index in [0.717, 1.165) is 12.8 Å². The quantitative estimate of drug-likeness (QED) is 0.665. The van der Waals surface area contributed by atoms with Gasteiger partial charge in [-0.2, -0.15) is 0 Å². The Morgan fingerprint density at radius 2 is 2.21 bits per heavy atom. The second kappa shape index (κ2) is 9.16. The van der Waals surface area contributed by atoms with Gasteiger partial charge in [0, 0.05) is 25.3 Å². The third-order valence-electron chi connectivity index (χ3n) is 4.71. The molecule has 2 heterocycles. The van der Waals surface area contributed by atoms with E-state index in [1.807, 2.05) is 13.8 Å². The Kier molecular flexibility index (Phi) is 6.64. The van der Waals surface area contributed by atoms with Crippen molar-refractivity contribution in [2.24, 2.45) is 0 Å². The summed E-state index contributed by atoms with van der Waals surface area (Å²) >= 11 is 0. The highest BCUT2D eigenvalue weighted by molar-refractivity contribution is 5.97. The zero-order valence-electron chi connectivity index (χ0n) is 16.3. The number of nitrogens with one attached hydrogen (secondary N) is 2. The summed E-state index contributed by atoms with van der Waals surface area (Å²) in [7, 11) is 0. The van der Waals surface area contributed by atoms with Crippen molar-refractivity contribution in [3.8, 4) is 0 Å². The van der Waals surface area contributed by atoms with E-state index < -0.39 is 5.69 Å². The van der Waals surface area contributed by atoms with Crippen LogP contribution in [0.25, 0.3) is 10.9 Å². The van der Waals surface area contributed by atoms with Crippen LogP contribution in [0.2, 0.25) is 0 Å². The van der Waals surface area contributed by atoms with Crippen molar-refractivity contribution in [3.63, 3.8) is 0 Å². The molecule has 8 nitrogen and oxygen atoms in total. The fraction of sp³-hybridized carbons (Fsp3) is 0.550. The van der Waals surface area contributed by atoms with E-state index in [4.69, 9.17) is 9.47 Å². The number of carbonyl (C=O) groups is 1. The number of nitrogens with zero attached hydrogens (tertiary/aromatic N) is 1. The van der Waals surface area contributed by atoms with Crippen LogP contribution >= 0.6 is 0 Å². The van der Waals surface area contributed by atoms with Gasteiger partial charge in [-0.3, -0.25) is 14.2 Å². The molecule has 2 N–H and O–H groups in total. The van der Waals surface area contributed by atoms with Crippen LogP contribution in [0.3, 0.4) is 0 Å². The molecule has 1 amide bonds. The predicted octanol–water partition coefficient (Wildman–Crippen LogP) is 1.41. The van der Waals surface area contributed by atoms with Crippen molar-refractivity contribution in [1.29, 1.82) is 0 Å². The lowest BCUT2D eigenvalue weighted by atomic mass is 10.1. The minimum absolute atomic E-state index is 0.110. The summed E-state index contributed by atoms with van der Waals surface area (Å²) in [5.41, 5.74) is -0.109. The lowest BCUT2D eigenvalue weighted by Crippen LogP contribution is -2.38. The smallest absolute Gasteiger partial charge is 0.328 e. The number of hydrogen-bond donors (Lipinski definition) is 2. The number of benzene rings is 1. The van der Waals surface area contributed by atoms with Crippen molar-refractivity contribution >= 4 is 16.8 Å². The molecule has 0 saturated carbocycles. The first-order valence-corrected chi connectivity index (χ1v) is 9.74. The number of carbonyl (C=O) groups excluding carboxylic acids is 1. The molecule has 0 aliphatic carbocycles. The van der Waals surface area contributed by atoms with Crippen LogP contribution in [0.4, 0.5) is 0 Å². The fourth-order valence-corrected chi connectivity index (χ4v) is 3.25. The second-order valence-corrected chi connectivity index (χ2v) is 7.27. The van der Waals surface area contributed by atoms with Gasteiger partial charge >= 0.3 is 5.69 Å². The van der Waals surface area contributed by atoms with Crippen molar-refractivity contribution in [1.82, 2.24) is 14.9 Å². The highest BCUT2D eigenvalue weighted by Gasteiger charge is 2.19. The van der Waals surface area contributed by atoms with Crippen molar-refractivity contribution in [2.45, 2.75) is 51.9 Å². The van der Waals surface area contributed by atoms with Gasteiger partial charge in [0.05, 0.1) is 29.7 Å². The molecule has 1 saturated heterocycles. The largest absolute Gasteiger partial charge is 0.379 e. The maximum atomic E-state index is 12.7. The first-order valence-electron chi connectivity index (χ1n) is 9.74. The minimum atomic E-state index is -0.489. The summed E-state index contributed by atoms with van der Waals surface area (Å²) in [5, 5.41) is 3.19. The highest BCUT2D eigenvalue weighted by Crippen LogP contribution is 2.13. The number of rotatable bonds is 8. The van der Waals surface area contributed by atoms with Gasteiger partial charge in [-0.05, 0) is 51.3 Å². The summed E-state index contributed by atoms with van der Waals surface area (Å²) < 4.78 is 12.1. The van der Waals surface area contributed by atoms with E-state index in [2.05, 4.69) is 10.3 Å². The number of H-pyrrole nitrogens is 1. The number of fused-ring (bicyclic) bond motifs is 1. The van der Waals surface area contributed by atoms with Crippen molar-refractivity contribution in [3.05, 3.63) is 44.6 Å². The molecular weight excluding hydrogens is 362 g/mol. The van der Waals surface area contributed by atoms with Gasteiger partial charge in [0.2, 0.25) is 0 Å². The van der Waals surface area contributed by atoms with Crippen LogP contribution in [0.1, 0.15) is 43.5 Å². The van der Waals surface area contributed by atoms with Crippen LogP contribution in [0.15, 0.2) is 27.8 Å². The van der Waals surface area contributed by atoms with Crippen LogP contribution < -0.4 is 16.6 Å². The van der Waals surface area contributed by atoms with Gasteiger partial charge in [-0.1, -0.05) is 0 Å². The molecule has 0 bridgehead atoms. The number of ether oxygens (including phenoxy) is 2. The molecule has 1 aliphatic heterocycles. The average molecular weight is 389 g/mol. The molecule has 0 spiro atoms.